The Bertz CT molecular complexity index is 962. The number of benzene rings is 3. The third-order valence-corrected chi connectivity index (χ3v) is 5.72. The highest BCUT2D eigenvalue weighted by Gasteiger charge is 2.16. The Morgan fingerprint density at radius 1 is 0.833 bits per heavy atom. The van der Waals surface area contributed by atoms with E-state index in [-0.39, 0.29) is 12.3 Å². The second-order valence-corrected chi connectivity index (χ2v) is 8.04. The van der Waals surface area contributed by atoms with E-state index in [1.807, 2.05) is 42.5 Å². The molecule has 0 aliphatic carbocycles. The predicted octanol–water partition coefficient (Wildman–Crippen LogP) is 4.77. The molecule has 6 heteroatoms. The summed E-state index contributed by atoms with van der Waals surface area (Å²) in [7, 11) is -3.57. The normalized spacial score (nSPS) is 11.8. The van der Waals surface area contributed by atoms with Crippen molar-refractivity contribution in [3.63, 3.8) is 0 Å². The van der Waals surface area contributed by atoms with Crippen LogP contribution in [0.4, 0.5) is 0 Å². The zero-order chi connectivity index (χ0) is 17.2. The van der Waals surface area contributed by atoms with Gasteiger partial charge < -0.3 is 0 Å². The second-order valence-electron chi connectivity index (χ2n) is 5.42. The molecule has 0 fully saturated rings. The van der Waals surface area contributed by atoms with Crippen LogP contribution in [0.25, 0.3) is 10.8 Å². The maximum Gasteiger partial charge on any atom is 0.216 e. The molecular formula is C18H15Cl2NO2S. The Kier molecular flexibility index (Phi) is 5.11. The van der Waals surface area contributed by atoms with Crippen molar-refractivity contribution in [1.29, 1.82) is 0 Å². The van der Waals surface area contributed by atoms with Crippen molar-refractivity contribution in [2.24, 2.45) is 0 Å². The van der Waals surface area contributed by atoms with Gasteiger partial charge in [0, 0.05) is 22.2 Å². The average Bonchev–Trinajstić information content (AvgIpc) is 2.56. The minimum Gasteiger partial charge on any atom is -0.212 e. The summed E-state index contributed by atoms with van der Waals surface area (Å²) in [6.45, 7) is 0.214. The Labute approximate surface area is 151 Å². The van der Waals surface area contributed by atoms with Gasteiger partial charge in [-0.1, -0.05) is 71.7 Å². The van der Waals surface area contributed by atoms with Gasteiger partial charge in [-0.15, -0.1) is 0 Å². The molecule has 24 heavy (non-hydrogen) atoms. The lowest BCUT2D eigenvalue weighted by Gasteiger charge is -2.11. The van der Waals surface area contributed by atoms with Gasteiger partial charge in [-0.2, -0.15) is 0 Å². The van der Waals surface area contributed by atoms with E-state index in [1.54, 1.807) is 18.2 Å². The summed E-state index contributed by atoms with van der Waals surface area (Å²) in [5.74, 6) is -0.254. The van der Waals surface area contributed by atoms with Crippen LogP contribution in [0, 0.1) is 0 Å². The van der Waals surface area contributed by atoms with Crippen molar-refractivity contribution in [2.45, 2.75) is 12.3 Å². The van der Waals surface area contributed by atoms with Crippen LogP contribution in [-0.2, 0) is 22.3 Å². The van der Waals surface area contributed by atoms with Crippen LogP contribution in [0.3, 0.4) is 0 Å². The first-order valence-electron chi connectivity index (χ1n) is 7.33. The molecule has 3 aromatic rings. The van der Waals surface area contributed by atoms with Crippen molar-refractivity contribution in [1.82, 2.24) is 4.72 Å². The SMILES string of the molecule is O=S(=O)(Cc1c(Cl)cccc1Cl)NCc1cccc2ccccc12. The van der Waals surface area contributed by atoms with E-state index in [0.29, 0.717) is 15.6 Å². The highest BCUT2D eigenvalue weighted by Crippen LogP contribution is 2.26. The standard InChI is InChI=1S/C18H15Cl2NO2S/c19-17-9-4-10-18(20)16(17)12-24(22,23)21-11-14-7-3-6-13-5-1-2-8-15(13)14/h1-10,21H,11-12H2. The highest BCUT2D eigenvalue weighted by atomic mass is 35.5. The van der Waals surface area contributed by atoms with Gasteiger partial charge in [0.05, 0.1) is 5.75 Å². The Morgan fingerprint density at radius 3 is 2.21 bits per heavy atom. The molecule has 0 atom stereocenters. The fourth-order valence-corrected chi connectivity index (χ4v) is 4.40. The second kappa shape index (κ2) is 7.11. The molecule has 0 saturated carbocycles. The number of hydrogen-bond donors (Lipinski definition) is 1. The molecule has 3 nitrogen and oxygen atoms in total. The number of halogens is 2. The van der Waals surface area contributed by atoms with Gasteiger partial charge in [0.1, 0.15) is 0 Å². The van der Waals surface area contributed by atoms with E-state index in [4.69, 9.17) is 23.2 Å². The van der Waals surface area contributed by atoms with Gasteiger partial charge >= 0.3 is 0 Å². The van der Waals surface area contributed by atoms with E-state index in [9.17, 15) is 8.42 Å². The van der Waals surface area contributed by atoms with Crippen LogP contribution < -0.4 is 4.72 Å². The summed E-state index contributed by atoms with van der Waals surface area (Å²) in [6.07, 6.45) is 0. The van der Waals surface area contributed by atoms with Gasteiger partial charge in [-0.3, -0.25) is 0 Å². The lowest BCUT2D eigenvalue weighted by Crippen LogP contribution is -2.25. The van der Waals surface area contributed by atoms with E-state index < -0.39 is 10.0 Å². The van der Waals surface area contributed by atoms with Crippen molar-refractivity contribution in [3.8, 4) is 0 Å². The zero-order valence-corrected chi connectivity index (χ0v) is 15.0. The quantitative estimate of drug-likeness (QED) is 0.693. The molecule has 0 bridgehead atoms. The van der Waals surface area contributed by atoms with Crippen molar-refractivity contribution in [2.75, 3.05) is 0 Å². The molecule has 0 spiro atoms. The van der Waals surface area contributed by atoms with Crippen LogP contribution in [0.5, 0.6) is 0 Å². The fraction of sp³-hybridized carbons (Fsp3) is 0.111. The number of rotatable bonds is 5. The molecule has 3 rings (SSSR count). The lowest BCUT2D eigenvalue weighted by atomic mass is 10.1. The molecule has 0 aliphatic rings. The van der Waals surface area contributed by atoms with E-state index in [1.165, 1.54) is 0 Å². The van der Waals surface area contributed by atoms with Crippen LogP contribution in [0.1, 0.15) is 11.1 Å². The summed E-state index contributed by atoms with van der Waals surface area (Å²) in [4.78, 5) is 0. The molecule has 3 aromatic carbocycles. The van der Waals surface area contributed by atoms with Gasteiger partial charge in [0.25, 0.3) is 0 Å². The largest absolute Gasteiger partial charge is 0.216 e. The van der Waals surface area contributed by atoms with Gasteiger partial charge in [0.15, 0.2) is 0 Å². The maximum atomic E-state index is 12.4. The molecule has 0 saturated heterocycles. The monoisotopic (exact) mass is 379 g/mol. The van der Waals surface area contributed by atoms with Crippen LogP contribution in [-0.4, -0.2) is 8.42 Å². The van der Waals surface area contributed by atoms with E-state index in [2.05, 4.69) is 4.72 Å². The van der Waals surface area contributed by atoms with Crippen molar-refractivity contribution >= 4 is 44.0 Å². The number of nitrogens with one attached hydrogen (secondary N) is 1. The highest BCUT2D eigenvalue weighted by molar-refractivity contribution is 7.88. The summed E-state index contributed by atoms with van der Waals surface area (Å²) < 4.78 is 27.4. The third-order valence-electron chi connectivity index (χ3n) is 3.76. The molecule has 0 aliphatic heterocycles. The van der Waals surface area contributed by atoms with E-state index in [0.717, 1.165) is 16.3 Å². The molecule has 0 radical (unpaired) electrons. The van der Waals surface area contributed by atoms with Gasteiger partial charge in [0.2, 0.25) is 10.0 Å². The number of fused-ring (bicyclic) bond motifs is 1. The predicted molar refractivity (Wildman–Crippen MR) is 99.9 cm³/mol. The van der Waals surface area contributed by atoms with Crippen LogP contribution in [0.2, 0.25) is 10.0 Å². The summed E-state index contributed by atoms with van der Waals surface area (Å²) in [5.41, 5.74) is 1.33. The van der Waals surface area contributed by atoms with Gasteiger partial charge in [-0.25, -0.2) is 13.1 Å². The molecular weight excluding hydrogens is 365 g/mol. The Hall–Kier alpha value is -1.59. The molecule has 0 amide bonds. The third kappa shape index (κ3) is 3.90. The Balaban J connectivity index is 1.80. The first-order valence-corrected chi connectivity index (χ1v) is 9.74. The molecule has 0 heterocycles. The molecule has 124 valence electrons. The number of hydrogen-bond acceptors (Lipinski definition) is 2. The minimum absolute atomic E-state index is 0.214. The summed E-state index contributed by atoms with van der Waals surface area (Å²) >= 11 is 12.1. The van der Waals surface area contributed by atoms with Gasteiger partial charge in [-0.05, 0) is 28.5 Å². The smallest absolute Gasteiger partial charge is 0.212 e. The van der Waals surface area contributed by atoms with Crippen molar-refractivity contribution in [3.05, 3.63) is 81.8 Å². The Morgan fingerprint density at radius 2 is 1.46 bits per heavy atom. The minimum atomic E-state index is -3.57. The zero-order valence-electron chi connectivity index (χ0n) is 12.7. The average molecular weight is 380 g/mol. The summed E-state index contributed by atoms with van der Waals surface area (Å²) in [5, 5.41) is 2.79. The molecule has 0 aromatic heterocycles. The first kappa shape index (κ1) is 17.2. The van der Waals surface area contributed by atoms with Crippen LogP contribution in [0.15, 0.2) is 60.7 Å². The topological polar surface area (TPSA) is 46.2 Å². The summed E-state index contributed by atoms with van der Waals surface area (Å²) in [6, 6.07) is 18.6. The number of sulfonamides is 1. The van der Waals surface area contributed by atoms with Crippen LogP contribution >= 0.6 is 23.2 Å². The lowest BCUT2D eigenvalue weighted by molar-refractivity contribution is 0.580. The van der Waals surface area contributed by atoms with E-state index >= 15 is 0 Å². The maximum absolute atomic E-state index is 12.4. The van der Waals surface area contributed by atoms with Crippen molar-refractivity contribution < 1.29 is 8.42 Å². The molecule has 1 N–H and O–H groups in total. The first-order chi connectivity index (χ1) is 11.5. The molecule has 0 unspecified atom stereocenters. The fourth-order valence-electron chi connectivity index (χ4n) is 2.55.